The Hall–Kier alpha value is -3.02. The molecule has 0 heterocycles. The van der Waals surface area contributed by atoms with Gasteiger partial charge in [-0.15, -0.1) is 0 Å². The molecule has 0 unspecified atom stereocenters. The van der Waals surface area contributed by atoms with Crippen molar-refractivity contribution in [3.05, 3.63) is 48.5 Å². The van der Waals surface area contributed by atoms with Crippen LogP contribution in [0.2, 0.25) is 0 Å². The van der Waals surface area contributed by atoms with Gasteiger partial charge in [-0.2, -0.15) is 0 Å². The number of methoxy groups -OCH3 is 1. The molecule has 2 aromatic rings. The molecule has 6 nitrogen and oxygen atoms in total. The van der Waals surface area contributed by atoms with Crippen molar-refractivity contribution in [3.63, 3.8) is 0 Å². The Kier molecular flexibility index (Phi) is 5.57. The summed E-state index contributed by atoms with van der Waals surface area (Å²) in [6, 6.07) is 14.4. The summed E-state index contributed by atoms with van der Waals surface area (Å²) in [5.41, 5.74) is 2.04. The van der Waals surface area contributed by atoms with E-state index in [0.29, 0.717) is 17.1 Å². The van der Waals surface area contributed by atoms with E-state index >= 15 is 0 Å². The lowest BCUT2D eigenvalue weighted by Crippen LogP contribution is -2.22. The highest BCUT2D eigenvalue weighted by Gasteiger charge is 2.07. The predicted octanol–water partition coefficient (Wildman–Crippen LogP) is 2.70. The van der Waals surface area contributed by atoms with E-state index in [-0.39, 0.29) is 18.4 Å². The maximum Gasteiger partial charge on any atom is 0.243 e. The molecule has 3 N–H and O–H groups in total. The van der Waals surface area contributed by atoms with E-state index in [0.717, 1.165) is 5.69 Å². The van der Waals surface area contributed by atoms with E-state index in [9.17, 15) is 9.59 Å². The number of ether oxygens (including phenoxy) is 1. The third-order valence-electron chi connectivity index (χ3n) is 3.02. The van der Waals surface area contributed by atoms with Crippen molar-refractivity contribution < 1.29 is 14.3 Å². The van der Waals surface area contributed by atoms with Crippen LogP contribution < -0.4 is 20.7 Å². The quantitative estimate of drug-likeness (QED) is 0.766. The first-order valence-corrected chi connectivity index (χ1v) is 7.13. The molecule has 0 fully saturated rings. The Morgan fingerprint density at radius 2 is 1.74 bits per heavy atom. The number of benzene rings is 2. The zero-order valence-corrected chi connectivity index (χ0v) is 13.1. The number of anilines is 3. The average Bonchev–Trinajstić information content (AvgIpc) is 2.53. The number of rotatable bonds is 6. The lowest BCUT2D eigenvalue weighted by molar-refractivity contribution is -0.115. The third kappa shape index (κ3) is 5.03. The molecule has 2 aromatic carbocycles. The molecule has 120 valence electrons. The fourth-order valence-corrected chi connectivity index (χ4v) is 2.03. The van der Waals surface area contributed by atoms with Gasteiger partial charge in [0.2, 0.25) is 11.8 Å². The van der Waals surface area contributed by atoms with Crippen molar-refractivity contribution >= 4 is 28.9 Å². The van der Waals surface area contributed by atoms with E-state index in [1.807, 2.05) is 18.2 Å². The van der Waals surface area contributed by atoms with Crippen LogP contribution in [-0.4, -0.2) is 25.5 Å². The van der Waals surface area contributed by atoms with Crippen LogP contribution in [-0.2, 0) is 9.59 Å². The van der Waals surface area contributed by atoms with Gasteiger partial charge in [-0.05, 0) is 30.3 Å². The number of carbonyl (C=O) groups is 2. The van der Waals surface area contributed by atoms with Crippen molar-refractivity contribution in [2.75, 3.05) is 29.6 Å². The molecule has 0 radical (unpaired) electrons. The van der Waals surface area contributed by atoms with E-state index < -0.39 is 0 Å². The van der Waals surface area contributed by atoms with Crippen LogP contribution in [0.1, 0.15) is 6.92 Å². The fraction of sp³-hybridized carbons (Fsp3) is 0.176. The Morgan fingerprint density at radius 3 is 2.48 bits per heavy atom. The third-order valence-corrected chi connectivity index (χ3v) is 3.02. The second kappa shape index (κ2) is 7.84. The number of amides is 2. The highest BCUT2D eigenvalue weighted by Crippen LogP contribution is 2.22. The van der Waals surface area contributed by atoms with Gasteiger partial charge >= 0.3 is 0 Å². The monoisotopic (exact) mass is 313 g/mol. The summed E-state index contributed by atoms with van der Waals surface area (Å²) >= 11 is 0. The smallest absolute Gasteiger partial charge is 0.243 e. The number of hydrogen-bond donors (Lipinski definition) is 3. The minimum absolute atomic E-state index is 0.0988. The molecule has 0 aliphatic rings. The molecule has 0 atom stereocenters. The van der Waals surface area contributed by atoms with Gasteiger partial charge in [-0.3, -0.25) is 9.59 Å². The Labute approximate surface area is 134 Å². The van der Waals surface area contributed by atoms with Crippen molar-refractivity contribution in [2.24, 2.45) is 0 Å². The van der Waals surface area contributed by atoms with Crippen LogP contribution >= 0.6 is 0 Å². The molecule has 0 aliphatic heterocycles. The van der Waals surface area contributed by atoms with Gasteiger partial charge in [0.05, 0.1) is 19.3 Å². The second-order valence-electron chi connectivity index (χ2n) is 4.86. The van der Waals surface area contributed by atoms with E-state index in [4.69, 9.17) is 4.74 Å². The maximum atomic E-state index is 12.0. The maximum absolute atomic E-state index is 12.0. The molecule has 2 rings (SSSR count). The number of hydrogen-bond acceptors (Lipinski definition) is 4. The second-order valence-corrected chi connectivity index (χ2v) is 4.86. The van der Waals surface area contributed by atoms with Crippen molar-refractivity contribution in [1.82, 2.24) is 0 Å². The minimum atomic E-state index is -0.195. The summed E-state index contributed by atoms with van der Waals surface area (Å²) in [6.07, 6.45) is 0. The van der Waals surface area contributed by atoms with Crippen LogP contribution in [0.15, 0.2) is 48.5 Å². The molecular formula is C17H19N3O3. The Morgan fingerprint density at radius 1 is 1.00 bits per heavy atom. The SMILES string of the molecule is COc1ccccc1NC(=O)CNc1cccc(NC(C)=O)c1. The van der Waals surface area contributed by atoms with E-state index in [1.165, 1.54) is 6.92 Å². The Balaban J connectivity index is 1.93. The first-order chi connectivity index (χ1) is 11.1. The largest absolute Gasteiger partial charge is 0.495 e. The molecule has 0 bridgehead atoms. The average molecular weight is 313 g/mol. The summed E-state index contributed by atoms with van der Waals surface area (Å²) in [7, 11) is 1.55. The lowest BCUT2D eigenvalue weighted by Gasteiger charge is -2.11. The molecule has 2 amide bonds. The zero-order valence-electron chi connectivity index (χ0n) is 13.1. The first kappa shape index (κ1) is 16.4. The van der Waals surface area contributed by atoms with Gasteiger partial charge < -0.3 is 20.7 Å². The van der Waals surface area contributed by atoms with Gasteiger partial charge in [0.15, 0.2) is 0 Å². The molecule has 0 aromatic heterocycles. The molecule has 23 heavy (non-hydrogen) atoms. The normalized spacial score (nSPS) is 9.83. The van der Waals surface area contributed by atoms with Gasteiger partial charge in [0, 0.05) is 18.3 Å². The van der Waals surface area contributed by atoms with Crippen LogP contribution in [0.4, 0.5) is 17.1 Å². The first-order valence-electron chi connectivity index (χ1n) is 7.13. The highest BCUT2D eigenvalue weighted by atomic mass is 16.5. The number of carbonyl (C=O) groups excluding carboxylic acids is 2. The molecule has 0 aliphatic carbocycles. The fourth-order valence-electron chi connectivity index (χ4n) is 2.03. The summed E-state index contributed by atoms with van der Waals surface area (Å²) in [6.45, 7) is 1.54. The van der Waals surface area contributed by atoms with Crippen LogP contribution in [0.25, 0.3) is 0 Å². The molecule has 0 saturated heterocycles. The van der Waals surface area contributed by atoms with E-state index in [1.54, 1.807) is 37.4 Å². The van der Waals surface area contributed by atoms with Crippen LogP contribution in [0.5, 0.6) is 5.75 Å². The van der Waals surface area contributed by atoms with Gasteiger partial charge in [-0.1, -0.05) is 18.2 Å². The summed E-state index contributed by atoms with van der Waals surface area (Å²) in [4.78, 5) is 23.1. The van der Waals surface area contributed by atoms with Gasteiger partial charge in [0.25, 0.3) is 0 Å². The summed E-state index contributed by atoms with van der Waals surface area (Å²) in [5, 5.41) is 8.49. The van der Waals surface area contributed by atoms with E-state index in [2.05, 4.69) is 16.0 Å². The lowest BCUT2D eigenvalue weighted by atomic mass is 10.2. The molecule has 0 saturated carbocycles. The van der Waals surface area contributed by atoms with Gasteiger partial charge in [-0.25, -0.2) is 0 Å². The predicted molar refractivity (Wildman–Crippen MR) is 90.9 cm³/mol. The minimum Gasteiger partial charge on any atom is -0.495 e. The Bertz CT molecular complexity index is 701. The number of para-hydroxylation sites is 2. The summed E-state index contributed by atoms with van der Waals surface area (Å²) < 4.78 is 5.19. The van der Waals surface area contributed by atoms with Gasteiger partial charge in [0.1, 0.15) is 5.75 Å². The van der Waals surface area contributed by atoms with Crippen LogP contribution in [0.3, 0.4) is 0 Å². The topological polar surface area (TPSA) is 79.5 Å². The van der Waals surface area contributed by atoms with Crippen LogP contribution in [0, 0.1) is 0 Å². The molecular weight excluding hydrogens is 294 g/mol. The summed E-state index contributed by atoms with van der Waals surface area (Å²) in [5.74, 6) is 0.268. The van der Waals surface area contributed by atoms with Crippen molar-refractivity contribution in [3.8, 4) is 5.75 Å². The zero-order chi connectivity index (χ0) is 16.7. The van der Waals surface area contributed by atoms with Crippen molar-refractivity contribution in [2.45, 2.75) is 6.92 Å². The standard InChI is InChI=1S/C17H19N3O3/c1-12(21)19-14-7-5-6-13(10-14)18-11-17(22)20-15-8-3-4-9-16(15)23-2/h3-10,18H,11H2,1-2H3,(H,19,21)(H,20,22). The highest BCUT2D eigenvalue weighted by molar-refractivity contribution is 5.95. The number of nitrogens with one attached hydrogen (secondary N) is 3. The molecule has 0 spiro atoms. The molecule has 6 heteroatoms. The van der Waals surface area contributed by atoms with Crippen molar-refractivity contribution in [1.29, 1.82) is 0 Å².